The van der Waals surface area contributed by atoms with Crippen molar-refractivity contribution < 1.29 is 4.79 Å². The second-order valence-electron chi connectivity index (χ2n) is 5.00. The third kappa shape index (κ3) is 3.52. The minimum atomic E-state index is -0.202. The lowest BCUT2D eigenvalue weighted by Gasteiger charge is -2.31. The van der Waals surface area contributed by atoms with Gasteiger partial charge in [-0.15, -0.1) is 0 Å². The third-order valence-electron chi connectivity index (χ3n) is 3.58. The summed E-state index contributed by atoms with van der Waals surface area (Å²) in [4.78, 5) is 13.9. The van der Waals surface area contributed by atoms with Gasteiger partial charge in [-0.2, -0.15) is 0 Å². The van der Waals surface area contributed by atoms with Crippen LogP contribution in [0.2, 0.25) is 0 Å². The summed E-state index contributed by atoms with van der Waals surface area (Å²) in [7, 11) is 0. The predicted octanol–water partition coefficient (Wildman–Crippen LogP) is 1.02. The molecule has 2 rings (SSSR count). The largest absolute Gasteiger partial charge is 0.389 e. The number of rotatable bonds is 4. The van der Waals surface area contributed by atoms with Crippen LogP contribution in [0.3, 0.4) is 0 Å². The van der Waals surface area contributed by atoms with Gasteiger partial charge in [0.05, 0.1) is 5.92 Å². The van der Waals surface area contributed by atoms with Crippen molar-refractivity contribution in [3.05, 3.63) is 35.4 Å². The number of carbonyl (C=O) groups is 1. The quantitative estimate of drug-likeness (QED) is 0.806. The first-order valence-electron chi connectivity index (χ1n) is 6.47. The molecule has 4 N–H and O–H groups in total. The Balaban J connectivity index is 2.09. The van der Waals surface area contributed by atoms with E-state index in [0.29, 0.717) is 4.99 Å². The summed E-state index contributed by atoms with van der Waals surface area (Å²) in [5, 5.41) is 0. The maximum atomic E-state index is 11.3. The summed E-state index contributed by atoms with van der Waals surface area (Å²) in [6, 6.07) is 7.88. The van der Waals surface area contributed by atoms with Crippen LogP contribution in [0.15, 0.2) is 24.3 Å². The first-order chi connectivity index (χ1) is 9.08. The van der Waals surface area contributed by atoms with Crippen molar-refractivity contribution in [3.8, 4) is 0 Å². The predicted molar refractivity (Wildman–Crippen MR) is 79.5 cm³/mol. The minimum absolute atomic E-state index is 0.0364. The normalized spacial score (nSPS) is 20.1. The average Bonchev–Trinajstić information content (AvgIpc) is 2.39. The number of primary amides is 1. The number of benzene rings is 1. The third-order valence-corrected chi connectivity index (χ3v) is 3.80. The van der Waals surface area contributed by atoms with E-state index in [4.69, 9.17) is 23.7 Å². The number of hydrogen-bond donors (Lipinski definition) is 2. The number of nitrogens with zero attached hydrogens (tertiary/aromatic N) is 1. The van der Waals surface area contributed by atoms with Crippen LogP contribution < -0.4 is 11.5 Å². The molecule has 102 valence electrons. The van der Waals surface area contributed by atoms with E-state index in [0.717, 1.165) is 43.6 Å². The van der Waals surface area contributed by atoms with Gasteiger partial charge in [-0.25, -0.2) is 0 Å². The van der Waals surface area contributed by atoms with E-state index in [2.05, 4.69) is 4.90 Å². The topological polar surface area (TPSA) is 72.4 Å². The van der Waals surface area contributed by atoms with E-state index < -0.39 is 0 Å². The molecule has 1 aromatic carbocycles. The zero-order valence-corrected chi connectivity index (χ0v) is 11.7. The van der Waals surface area contributed by atoms with E-state index in [1.807, 2.05) is 24.3 Å². The summed E-state index contributed by atoms with van der Waals surface area (Å²) in [6.07, 6.45) is 1.89. The Labute approximate surface area is 118 Å². The van der Waals surface area contributed by atoms with Gasteiger partial charge < -0.3 is 11.5 Å². The molecule has 0 spiro atoms. The van der Waals surface area contributed by atoms with Crippen molar-refractivity contribution >= 4 is 23.1 Å². The van der Waals surface area contributed by atoms with Crippen LogP contribution in [-0.4, -0.2) is 28.9 Å². The molecule has 1 unspecified atom stereocenters. The fourth-order valence-corrected chi connectivity index (χ4v) is 2.77. The zero-order chi connectivity index (χ0) is 13.8. The molecule has 1 atom stereocenters. The molecule has 0 aromatic heterocycles. The van der Waals surface area contributed by atoms with Crippen molar-refractivity contribution in [3.63, 3.8) is 0 Å². The highest BCUT2D eigenvalue weighted by atomic mass is 32.1. The van der Waals surface area contributed by atoms with Crippen molar-refractivity contribution in [2.24, 2.45) is 17.4 Å². The lowest BCUT2D eigenvalue weighted by atomic mass is 9.96. The van der Waals surface area contributed by atoms with Crippen LogP contribution in [0.1, 0.15) is 24.0 Å². The molecule has 5 heteroatoms. The van der Waals surface area contributed by atoms with Gasteiger partial charge in [0.2, 0.25) is 5.91 Å². The molecular weight excluding hydrogens is 258 g/mol. The average molecular weight is 277 g/mol. The molecule has 1 aliphatic rings. The Kier molecular flexibility index (Phi) is 4.50. The molecule has 1 saturated heterocycles. The van der Waals surface area contributed by atoms with Gasteiger partial charge in [0.25, 0.3) is 0 Å². The lowest BCUT2D eigenvalue weighted by Crippen LogP contribution is -2.40. The summed E-state index contributed by atoms with van der Waals surface area (Å²) in [6.45, 7) is 2.47. The zero-order valence-electron chi connectivity index (χ0n) is 10.8. The van der Waals surface area contributed by atoms with Crippen LogP contribution in [0.25, 0.3) is 0 Å². The number of likely N-dealkylation sites (tertiary alicyclic amines) is 1. The molecule has 1 fully saturated rings. The maximum Gasteiger partial charge on any atom is 0.221 e. The Morgan fingerprint density at radius 2 is 2.11 bits per heavy atom. The lowest BCUT2D eigenvalue weighted by molar-refractivity contribution is -0.123. The van der Waals surface area contributed by atoms with Gasteiger partial charge in [-0.3, -0.25) is 9.69 Å². The van der Waals surface area contributed by atoms with E-state index in [1.165, 1.54) is 0 Å². The highest BCUT2D eigenvalue weighted by molar-refractivity contribution is 7.80. The molecule has 1 heterocycles. The van der Waals surface area contributed by atoms with E-state index in [1.54, 1.807) is 0 Å². The van der Waals surface area contributed by atoms with Gasteiger partial charge >= 0.3 is 0 Å². The molecule has 4 nitrogen and oxygen atoms in total. The fourth-order valence-electron chi connectivity index (χ4n) is 2.57. The number of hydrogen-bond acceptors (Lipinski definition) is 3. The van der Waals surface area contributed by atoms with Crippen molar-refractivity contribution in [2.45, 2.75) is 19.4 Å². The second-order valence-corrected chi connectivity index (χ2v) is 5.44. The molecular formula is C14H19N3OS. The molecule has 1 aliphatic heterocycles. The molecule has 0 aliphatic carbocycles. The number of carbonyl (C=O) groups excluding carboxylic acids is 1. The first kappa shape index (κ1) is 14.0. The Morgan fingerprint density at radius 3 is 2.79 bits per heavy atom. The van der Waals surface area contributed by atoms with Crippen LogP contribution in [-0.2, 0) is 11.3 Å². The van der Waals surface area contributed by atoms with Crippen LogP contribution in [0, 0.1) is 5.92 Å². The molecule has 0 radical (unpaired) electrons. The fraction of sp³-hybridized carbons (Fsp3) is 0.429. The summed E-state index contributed by atoms with van der Waals surface area (Å²) < 4.78 is 0. The van der Waals surface area contributed by atoms with Gasteiger partial charge in [0.1, 0.15) is 4.99 Å². The smallest absolute Gasteiger partial charge is 0.221 e. The van der Waals surface area contributed by atoms with Gasteiger partial charge in [0, 0.05) is 18.7 Å². The molecule has 0 saturated carbocycles. The minimum Gasteiger partial charge on any atom is -0.389 e. The van der Waals surface area contributed by atoms with E-state index in [9.17, 15) is 4.79 Å². The Bertz CT molecular complexity index is 489. The SMILES string of the molecule is NC(=O)C1CCCN(Cc2ccccc2C(N)=S)C1. The van der Waals surface area contributed by atoms with Crippen LogP contribution >= 0.6 is 12.2 Å². The number of amides is 1. The molecule has 1 aromatic rings. The summed E-state index contributed by atoms with van der Waals surface area (Å²) in [5.41, 5.74) is 13.2. The van der Waals surface area contributed by atoms with Gasteiger partial charge in [-0.05, 0) is 24.9 Å². The van der Waals surface area contributed by atoms with Crippen molar-refractivity contribution in [2.75, 3.05) is 13.1 Å². The number of piperidine rings is 1. The molecule has 1 amide bonds. The maximum absolute atomic E-state index is 11.3. The van der Waals surface area contributed by atoms with Gasteiger partial charge in [0.15, 0.2) is 0 Å². The Morgan fingerprint density at radius 1 is 1.37 bits per heavy atom. The second kappa shape index (κ2) is 6.12. The monoisotopic (exact) mass is 277 g/mol. The van der Waals surface area contributed by atoms with Crippen molar-refractivity contribution in [1.82, 2.24) is 4.90 Å². The standard InChI is InChI=1S/C14H19N3OS/c15-13(18)11-5-3-7-17(9-11)8-10-4-1-2-6-12(10)14(16)19/h1-2,4,6,11H,3,5,7-9H2,(H2,15,18)(H2,16,19). The van der Waals surface area contributed by atoms with E-state index >= 15 is 0 Å². The summed E-state index contributed by atoms with van der Waals surface area (Å²) >= 11 is 5.07. The summed E-state index contributed by atoms with van der Waals surface area (Å²) in [5.74, 6) is -0.238. The first-order valence-corrected chi connectivity index (χ1v) is 6.88. The van der Waals surface area contributed by atoms with E-state index in [-0.39, 0.29) is 11.8 Å². The number of thiocarbonyl (C=S) groups is 1. The highest BCUT2D eigenvalue weighted by Crippen LogP contribution is 2.19. The number of nitrogens with two attached hydrogens (primary N) is 2. The molecule has 19 heavy (non-hydrogen) atoms. The molecule has 0 bridgehead atoms. The Hall–Kier alpha value is -1.46. The van der Waals surface area contributed by atoms with Crippen LogP contribution in [0.4, 0.5) is 0 Å². The van der Waals surface area contributed by atoms with Crippen molar-refractivity contribution in [1.29, 1.82) is 0 Å². The van der Waals surface area contributed by atoms with Crippen LogP contribution in [0.5, 0.6) is 0 Å². The highest BCUT2D eigenvalue weighted by Gasteiger charge is 2.24. The van der Waals surface area contributed by atoms with Gasteiger partial charge in [-0.1, -0.05) is 36.5 Å².